The quantitative estimate of drug-likeness (QED) is 0.780. The number of hydrogen-bond acceptors (Lipinski definition) is 4. The van der Waals surface area contributed by atoms with Crippen molar-refractivity contribution in [3.05, 3.63) is 59.9 Å². The Morgan fingerprint density at radius 3 is 2.68 bits per heavy atom. The summed E-state index contributed by atoms with van der Waals surface area (Å²) in [6.45, 7) is 1.43. The van der Waals surface area contributed by atoms with Gasteiger partial charge in [0.05, 0.1) is 6.04 Å². The number of rotatable bonds is 7. The fourth-order valence-corrected chi connectivity index (χ4v) is 3.13. The number of aromatic nitrogens is 1. The molecule has 0 radical (unpaired) electrons. The molecular weight excluding hydrogens is 352 g/mol. The summed E-state index contributed by atoms with van der Waals surface area (Å²) in [5.74, 6) is -1.93. The van der Waals surface area contributed by atoms with E-state index in [9.17, 15) is 22.0 Å². The van der Waals surface area contributed by atoms with Gasteiger partial charge in [0.25, 0.3) is 0 Å². The third-order valence-corrected chi connectivity index (χ3v) is 4.84. The molecule has 0 spiro atoms. The van der Waals surface area contributed by atoms with Crippen LogP contribution in [0.3, 0.4) is 0 Å². The van der Waals surface area contributed by atoms with Crippen molar-refractivity contribution in [1.82, 2.24) is 15.0 Å². The monoisotopic (exact) mass is 369 g/mol. The first-order valence-electron chi connectivity index (χ1n) is 7.43. The molecule has 1 aromatic heterocycles. The van der Waals surface area contributed by atoms with Crippen molar-refractivity contribution in [2.45, 2.75) is 24.3 Å². The second-order valence-corrected chi connectivity index (χ2v) is 7.06. The molecule has 2 rings (SSSR count). The topological polar surface area (TPSA) is 88.2 Å². The summed E-state index contributed by atoms with van der Waals surface area (Å²) in [5.41, 5.74) is 0.144. The second kappa shape index (κ2) is 8.13. The molecule has 1 heterocycles. The Morgan fingerprint density at radius 1 is 1.28 bits per heavy atom. The number of carbonyl (C=O) groups excluding carboxylic acids is 1. The molecule has 1 unspecified atom stereocenters. The zero-order valence-electron chi connectivity index (χ0n) is 13.4. The first kappa shape index (κ1) is 18.9. The van der Waals surface area contributed by atoms with Crippen LogP contribution in [0.2, 0.25) is 0 Å². The summed E-state index contributed by atoms with van der Waals surface area (Å²) in [6.07, 6.45) is 2.51. The van der Waals surface area contributed by atoms with E-state index < -0.39 is 33.6 Å². The molecule has 134 valence electrons. The first-order valence-corrected chi connectivity index (χ1v) is 8.92. The van der Waals surface area contributed by atoms with Crippen LogP contribution in [0.4, 0.5) is 8.78 Å². The van der Waals surface area contributed by atoms with E-state index in [1.54, 1.807) is 6.92 Å². The summed E-state index contributed by atoms with van der Waals surface area (Å²) in [7, 11) is -3.74. The number of carbonyl (C=O) groups is 1. The molecule has 2 N–H and O–H groups in total. The van der Waals surface area contributed by atoms with Crippen LogP contribution in [0.5, 0.6) is 0 Å². The maximum atomic E-state index is 13.7. The fraction of sp³-hybridized carbons (Fsp3) is 0.250. The highest BCUT2D eigenvalue weighted by Gasteiger charge is 2.16. The van der Waals surface area contributed by atoms with Gasteiger partial charge in [-0.3, -0.25) is 9.78 Å². The maximum Gasteiger partial charge on any atom is 0.242 e. The van der Waals surface area contributed by atoms with Crippen LogP contribution in [0.15, 0.2) is 47.6 Å². The molecule has 1 atom stereocenters. The van der Waals surface area contributed by atoms with Crippen molar-refractivity contribution < 1.29 is 22.0 Å². The lowest BCUT2D eigenvalue weighted by Gasteiger charge is -2.15. The van der Waals surface area contributed by atoms with Gasteiger partial charge in [0.2, 0.25) is 15.9 Å². The molecule has 0 saturated carbocycles. The Labute approximate surface area is 144 Å². The molecule has 0 aliphatic carbocycles. The lowest BCUT2D eigenvalue weighted by Crippen LogP contribution is -2.32. The van der Waals surface area contributed by atoms with Crippen LogP contribution in [0, 0.1) is 11.6 Å². The maximum absolute atomic E-state index is 13.7. The van der Waals surface area contributed by atoms with Crippen molar-refractivity contribution >= 4 is 15.9 Å². The number of amides is 1. The van der Waals surface area contributed by atoms with Crippen molar-refractivity contribution in [2.75, 3.05) is 6.54 Å². The van der Waals surface area contributed by atoms with Gasteiger partial charge in [-0.25, -0.2) is 21.9 Å². The van der Waals surface area contributed by atoms with Crippen molar-refractivity contribution in [3.63, 3.8) is 0 Å². The standard InChI is InChI=1S/C16H17F2N3O3S/c1-11(14-5-4-12(17)9-15(14)18)21-16(22)6-8-20-25(23,24)13-3-2-7-19-10-13/h2-5,7,9-11,20H,6,8H2,1H3,(H,21,22). The highest BCUT2D eigenvalue weighted by atomic mass is 32.2. The molecular formula is C16H17F2N3O3S. The number of hydrogen-bond donors (Lipinski definition) is 2. The molecule has 2 aromatic rings. The molecule has 9 heteroatoms. The number of pyridine rings is 1. The van der Waals surface area contributed by atoms with Gasteiger partial charge in [0, 0.05) is 37.0 Å². The van der Waals surface area contributed by atoms with Crippen LogP contribution in [-0.2, 0) is 14.8 Å². The van der Waals surface area contributed by atoms with Gasteiger partial charge >= 0.3 is 0 Å². The lowest BCUT2D eigenvalue weighted by atomic mass is 10.1. The van der Waals surface area contributed by atoms with Gasteiger partial charge in [-0.1, -0.05) is 6.07 Å². The Bertz CT molecular complexity index is 845. The van der Waals surface area contributed by atoms with E-state index in [1.807, 2.05) is 0 Å². The van der Waals surface area contributed by atoms with Gasteiger partial charge in [0.15, 0.2) is 0 Å². The molecule has 6 nitrogen and oxygen atoms in total. The zero-order chi connectivity index (χ0) is 18.4. The minimum atomic E-state index is -3.74. The number of halogens is 2. The predicted molar refractivity (Wildman–Crippen MR) is 87.0 cm³/mol. The third-order valence-electron chi connectivity index (χ3n) is 3.40. The van der Waals surface area contributed by atoms with Crippen LogP contribution >= 0.6 is 0 Å². The summed E-state index contributed by atoms with van der Waals surface area (Å²) in [6, 6.07) is 5.28. The number of sulfonamides is 1. The third kappa shape index (κ3) is 5.30. The summed E-state index contributed by atoms with van der Waals surface area (Å²) in [4.78, 5) is 15.6. The average molecular weight is 369 g/mol. The van der Waals surface area contributed by atoms with Gasteiger partial charge in [-0.05, 0) is 25.1 Å². The molecule has 0 fully saturated rings. The molecule has 0 saturated heterocycles. The normalized spacial score (nSPS) is 12.6. The predicted octanol–water partition coefficient (Wildman–Crippen LogP) is 1.91. The van der Waals surface area contributed by atoms with Crippen LogP contribution in [0.1, 0.15) is 24.9 Å². The highest BCUT2D eigenvalue weighted by molar-refractivity contribution is 7.89. The van der Waals surface area contributed by atoms with E-state index in [0.717, 1.165) is 12.1 Å². The SMILES string of the molecule is CC(NC(=O)CCNS(=O)(=O)c1cccnc1)c1ccc(F)cc1F. The largest absolute Gasteiger partial charge is 0.349 e. The smallest absolute Gasteiger partial charge is 0.242 e. The summed E-state index contributed by atoms with van der Waals surface area (Å²) in [5, 5.41) is 2.53. The highest BCUT2D eigenvalue weighted by Crippen LogP contribution is 2.17. The molecule has 25 heavy (non-hydrogen) atoms. The van der Waals surface area contributed by atoms with Crippen molar-refractivity contribution in [3.8, 4) is 0 Å². The van der Waals surface area contributed by atoms with E-state index in [-0.39, 0.29) is 23.4 Å². The van der Waals surface area contributed by atoms with Gasteiger partial charge in [0.1, 0.15) is 16.5 Å². The number of nitrogens with zero attached hydrogens (tertiary/aromatic N) is 1. The van der Waals surface area contributed by atoms with Crippen molar-refractivity contribution in [1.29, 1.82) is 0 Å². The number of benzene rings is 1. The molecule has 1 amide bonds. The molecule has 0 aliphatic heterocycles. The van der Waals surface area contributed by atoms with Gasteiger partial charge < -0.3 is 5.32 Å². The van der Waals surface area contributed by atoms with E-state index in [4.69, 9.17) is 0 Å². The van der Waals surface area contributed by atoms with E-state index in [1.165, 1.54) is 30.6 Å². The van der Waals surface area contributed by atoms with Crippen LogP contribution < -0.4 is 10.0 Å². The average Bonchev–Trinajstić information content (AvgIpc) is 2.55. The van der Waals surface area contributed by atoms with Crippen LogP contribution in [0.25, 0.3) is 0 Å². The fourth-order valence-electron chi connectivity index (χ4n) is 2.13. The van der Waals surface area contributed by atoms with E-state index >= 15 is 0 Å². The molecule has 1 aromatic carbocycles. The Hall–Kier alpha value is -2.39. The lowest BCUT2D eigenvalue weighted by molar-refractivity contribution is -0.121. The molecule has 0 aliphatic rings. The Morgan fingerprint density at radius 2 is 2.04 bits per heavy atom. The minimum Gasteiger partial charge on any atom is -0.349 e. The van der Waals surface area contributed by atoms with E-state index in [0.29, 0.717) is 0 Å². The Balaban J connectivity index is 1.86. The van der Waals surface area contributed by atoms with Gasteiger partial charge in [-0.15, -0.1) is 0 Å². The molecule has 0 bridgehead atoms. The van der Waals surface area contributed by atoms with E-state index in [2.05, 4.69) is 15.0 Å². The first-order chi connectivity index (χ1) is 11.8. The van der Waals surface area contributed by atoms with Crippen molar-refractivity contribution in [2.24, 2.45) is 0 Å². The minimum absolute atomic E-state index is 0.00263. The summed E-state index contributed by atoms with van der Waals surface area (Å²) < 4.78 is 52.8. The zero-order valence-corrected chi connectivity index (χ0v) is 14.2. The second-order valence-electron chi connectivity index (χ2n) is 5.29. The number of nitrogens with one attached hydrogen (secondary N) is 2. The summed E-state index contributed by atoms with van der Waals surface area (Å²) >= 11 is 0. The Kier molecular flexibility index (Phi) is 6.16. The van der Waals surface area contributed by atoms with Crippen LogP contribution in [-0.4, -0.2) is 25.9 Å². The van der Waals surface area contributed by atoms with Gasteiger partial charge in [-0.2, -0.15) is 0 Å².